The molecule has 2 aromatic carbocycles. The molecule has 5 nitrogen and oxygen atoms in total. The Morgan fingerprint density at radius 1 is 1.22 bits per heavy atom. The van der Waals surface area contributed by atoms with Crippen LogP contribution in [0.15, 0.2) is 41.1 Å². The second-order valence-electron chi connectivity index (χ2n) is 7.51. The van der Waals surface area contributed by atoms with E-state index in [0.29, 0.717) is 27.2 Å². The normalized spacial score (nSPS) is 12.2. The van der Waals surface area contributed by atoms with Crippen LogP contribution in [0, 0.1) is 18.6 Å². The van der Waals surface area contributed by atoms with Gasteiger partial charge in [0, 0.05) is 11.7 Å². The molecule has 9 heteroatoms. The minimum absolute atomic E-state index is 0.0620. The summed E-state index contributed by atoms with van der Waals surface area (Å²) in [6.45, 7) is 7.42. The van der Waals surface area contributed by atoms with Gasteiger partial charge in [0.1, 0.15) is 11.6 Å². The Labute approximate surface area is 198 Å². The standard InChI is InChI=1S/C23H23BrClF2N3O2/c1-5-32-22(31)20-21(30(12(2)3)23(24)29-20)19(14-7-6-13(4)18(27)10-14)28-15-8-9-17(26)16(25)11-15/h6-12,19,28H,5H2,1-4H3. The highest BCUT2D eigenvalue weighted by atomic mass is 79.9. The molecule has 32 heavy (non-hydrogen) atoms. The molecule has 0 aliphatic carbocycles. The Kier molecular flexibility index (Phi) is 7.56. The summed E-state index contributed by atoms with van der Waals surface area (Å²) in [5.41, 5.74) is 2.10. The molecule has 0 bridgehead atoms. The second kappa shape index (κ2) is 10.0. The summed E-state index contributed by atoms with van der Waals surface area (Å²) in [6.07, 6.45) is 0. The van der Waals surface area contributed by atoms with Gasteiger partial charge in [-0.1, -0.05) is 23.7 Å². The number of nitrogens with one attached hydrogen (secondary N) is 1. The van der Waals surface area contributed by atoms with Crippen molar-refractivity contribution in [2.75, 3.05) is 11.9 Å². The maximum Gasteiger partial charge on any atom is 0.358 e. The first-order valence-corrected chi connectivity index (χ1v) is 11.2. The zero-order valence-corrected chi connectivity index (χ0v) is 20.4. The summed E-state index contributed by atoms with van der Waals surface area (Å²) in [5, 5.41) is 3.20. The van der Waals surface area contributed by atoms with Gasteiger partial charge in [0.15, 0.2) is 10.4 Å². The third kappa shape index (κ3) is 4.96. The van der Waals surface area contributed by atoms with E-state index in [1.54, 1.807) is 26.0 Å². The molecular formula is C23H23BrClF2N3O2. The predicted octanol–water partition coefficient (Wildman–Crippen LogP) is 6.84. The van der Waals surface area contributed by atoms with Crippen LogP contribution in [-0.4, -0.2) is 22.1 Å². The highest BCUT2D eigenvalue weighted by Gasteiger charge is 2.31. The maximum atomic E-state index is 14.5. The van der Waals surface area contributed by atoms with E-state index in [1.165, 1.54) is 24.3 Å². The third-order valence-electron chi connectivity index (χ3n) is 4.92. The van der Waals surface area contributed by atoms with Crippen LogP contribution in [-0.2, 0) is 4.74 Å². The molecule has 0 fully saturated rings. The molecule has 0 radical (unpaired) electrons. The molecule has 3 aromatic rings. The summed E-state index contributed by atoms with van der Waals surface area (Å²) >= 11 is 9.40. The van der Waals surface area contributed by atoms with Crippen molar-refractivity contribution in [3.63, 3.8) is 0 Å². The van der Waals surface area contributed by atoms with Crippen molar-refractivity contribution in [3.8, 4) is 0 Å². The van der Waals surface area contributed by atoms with E-state index in [2.05, 4.69) is 26.2 Å². The molecule has 1 atom stereocenters. The molecule has 1 aromatic heterocycles. The monoisotopic (exact) mass is 525 g/mol. The highest BCUT2D eigenvalue weighted by molar-refractivity contribution is 9.10. The predicted molar refractivity (Wildman–Crippen MR) is 124 cm³/mol. The van der Waals surface area contributed by atoms with Gasteiger partial charge in [-0.3, -0.25) is 0 Å². The minimum atomic E-state index is -0.716. The lowest BCUT2D eigenvalue weighted by atomic mass is 9.99. The molecule has 170 valence electrons. The Bertz CT molecular complexity index is 1150. The zero-order valence-electron chi connectivity index (χ0n) is 18.0. The van der Waals surface area contributed by atoms with E-state index >= 15 is 0 Å². The van der Waals surface area contributed by atoms with Crippen molar-refractivity contribution in [2.24, 2.45) is 0 Å². The molecule has 1 unspecified atom stereocenters. The summed E-state index contributed by atoms with van der Waals surface area (Å²) < 4.78 is 35.7. The summed E-state index contributed by atoms with van der Waals surface area (Å²) in [6, 6.07) is 8.21. The van der Waals surface area contributed by atoms with Gasteiger partial charge in [0.25, 0.3) is 0 Å². The number of carbonyl (C=O) groups excluding carboxylic acids is 1. The molecule has 3 rings (SSSR count). The number of hydrogen-bond acceptors (Lipinski definition) is 4. The van der Waals surface area contributed by atoms with Gasteiger partial charge in [-0.25, -0.2) is 18.6 Å². The minimum Gasteiger partial charge on any atom is -0.461 e. The second-order valence-corrected chi connectivity index (χ2v) is 8.63. The summed E-state index contributed by atoms with van der Waals surface area (Å²) in [4.78, 5) is 17.2. The van der Waals surface area contributed by atoms with E-state index in [9.17, 15) is 13.6 Å². The van der Waals surface area contributed by atoms with Crippen LogP contribution < -0.4 is 5.32 Å². The van der Waals surface area contributed by atoms with Gasteiger partial charge in [0.05, 0.1) is 23.4 Å². The number of ether oxygens (including phenoxy) is 1. The number of aromatic nitrogens is 2. The average Bonchev–Trinajstić information content (AvgIpc) is 3.08. The first-order valence-electron chi connectivity index (χ1n) is 10.1. The third-order valence-corrected chi connectivity index (χ3v) is 5.77. The van der Waals surface area contributed by atoms with Crippen molar-refractivity contribution in [1.29, 1.82) is 0 Å². The van der Waals surface area contributed by atoms with Gasteiger partial charge in [0.2, 0.25) is 0 Å². The molecule has 0 spiro atoms. The fraction of sp³-hybridized carbons (Fsp3) is 0.304. The zero-order chi connectivity index (χ0) is 23.6. The number of anilines is 1. The Morgan fingerprint density at radius 2 is 1.94 bits per heavy atom. The molecule has 0 saturated carbocycles. The Morgan fingerprint density at radius 3 is 2.53 bits per heavy atom. The quantitative estimate of drug-likeness (QED) is 0.342. The molecule has 0 amide bonds. The van der Waals surface area contributed by atoms with Crippen molar-refractivity contribution >= 4 is 39.2 Å². The molecule has 1 heterocycles. The first kappa shape index (κ1) is 24.2. The van der Waals surface area contributed by atoms with Gasteiger partial charge < -0.3 is 14.6 Å². The van der Waals surface area contributed by atoms with Crippen LogP contribution in [0.5, 0.6) is 0 Å². The Balaban J connectivity index is 2.25. The van der Waals surface area contributed by atoms with Crippen LogP contribution in [0.1, 0.15) is 60.2 Å². The number of nitrogens with zero attached hydrogens (tertiary/aromatic N) is 2. The average molecular weight is 527 g/mol. The number of halogens is 4. The van der Waals surface area contributed by atoms with E-state index in [-0.39, 0.29) is 29.2 Å². The first-order chi connectivity index (χ1) is 15.1. The lowest BCUT2D eigenvalue weighted by Gasteiger charge is -2.25. The van der Waals surface area contributed by atoms with Gasteiger partial charge in [-0.05, 0) is 79.0 Å². The maximum absolute atomic E-state index is 14.5. The van der Waals surface area contributed by atoms with E-state index < -0.39 is 17.8 Å². The van der Waals surface area contributed by atoms with E-state index in [1.807, 2.05) is 18.4 Å². The topological polar surface area (TPSA) is 56.1 Å². The molecule has 1 N–H and O–H groups in total. The van der Waals surface area contributed by atoms with Crippen LogP contribution in [0.3, 0.4) is 0 Å². The number of rotatable bonds is 7. The fourth-order valence-corrected chi connectivity index (χ4v) is 4.34. The number of imidazole rings is 1. The van der Waals surface area contributed by atoms with Crippen LogP contribution in [0.2, 0.25) is 5.02 Å². The van der Waals surface area contributed by atoms with Crippen LogP contribution in [0.25, 0.3) is 0 Å². The number of aryl methyl sites for hydroxylation is 1. The Hall–Kier alpha value is -2.45. The van der Waals surface area contributed by atoms with Gasteiger partial charge in [-0.2, -0.15) is 0 Å². The van der Waals surface area contributed by atoms with Crippen molar-refractivity contribution in [3.05, 3.63) is 80.3 Å². The summed E-state index contributed by atoms with van der Waals surface area (Å²) in [5.74, 6) is -1.55. The fourth-order valence-electron chi connectivity index (χ4n) is 3.38. The van der Waals surface area contributed by atoms with Crippen molar-refractivity contribution < 1.29 is 18.3 Å². The highest BCUT2D eigenvalue weighted by Crippen LogP contribution is 2.35. The smallest absolute Gasteiger partial charge is 0.358 e. The molecule has 0 aliphatic heterocycles. The SMILES string of the molecule is CCOC(=O)c1nc(Br)n(C(C)C)c1C(Nc1ccc(F)c(Cl)c1)c1ccc(C)c(F)c1. The molecule has 0 saturated heterocycles. The molecule has 0 aliphatic rings. The van der Waals surface area contributed by atoms with Gasteiger partial charge in [-0.15, -0.1) is 0 Å². The largest absolute Gasteiger partial charge is 0.461 e. The lowest BCUT2D eigenvalue weighted by molar-refractivity contribution is 0.0518. The van der Waals surface area contributed by atoms with Crippen molar-refractivity contribution in [1.82, 2.24) is 9.55 Å². The lowest BCUT2D eigenvalue weighted by Crippen LogP contribution is -2.22. The van der Waals surface area contributed by atoms with Crippen LogP contribution in [0.4, 0.5) is 14.5 Å². The van der Waals surface area contributed by atoms with E-state index in [4.69, 9.17) is 16.3 Å². The summed E-state index contributed by atoms with van der Waals surface area (Å²) in [7, 11) is 0. The molecular weight excluding hydrogens is 504 g/mol. The van der Waals surface area contributed by atoms with Crippen molar-refractivity contribution in [2.45, 2.75) is 39.8 Å². The van der Waals surface area contributed by atoms with Crippen LogP contribution >= 0.6 is 27.5 Å². The number of benzene rings is 2. The number of hydrogen-bond donors (Lipinski definition) is 1. The van der Waals surface area contributed by atoms with E-state index in [0.717, 1.165) is 0 Å². The number of esters is 1. The van der Waals surface area contributed by atoms with Gasteiger partial charge >= 0.3 is 5.97 Å². The number of carbonyl (C=O) groups is 1.